The molecule has 4 rings (SSSR count). The summed E-state index contributed by atoms with van der Waals surface area (Å²) >= 11 is 1.09. The van der Waals surface area contributed by atoms with Gasteiger partial charge >= 0.3 is 0 Å². The number of rotatable bonds is 5. The zero-order valence-electron chi connectivity index (χ0n) is 15.7. The van der Waals surface area contributed by atoms with Crippen LogP contribution in [0.2, 0.25) is 0 Å². The normalized spacial score (nSPS) is 10.5. The van der Waals surface area contributed by atoms with Gasteiger partial charge in [0.1, 0.15) is 5.00 Å². The molecule has 0 saturated heterocycles. The van der Waals surface area contributed by atoms with E-state index in [2.05, 4.69) is 9.69 Å². The van der Waals surface area contributed by atoms with Gasteiger partial charge in [-0.1, -0.05) is 6.07 Å². The Balaban J connectivity index is 1.71. The second-order valence-corrected chi connectivity index (χ2v) is 7.34. The molecule has 0 radical (unpaired) electrons. The number of nitrogens with one attached hydrogen (secondary N) is 1. The van der Waals surface area contributed by atoms with Crippen LogP contribution in [0.25, 0.3) is 5.52 Å². The summed E-state index contributed by atoms with van der Waals surface area (Å²) in [7, 11) is 0. The third-order valence-electron chi connectivity index (χ3n) is 4.50. The number of aromatic nitrogens is 2. The van der Waals surface area contributed by atoms with Gasteiger partial charge in [-0.3, -0.25) is 14.4 Å². The maximum absolute atomic E-state index is 13.0. The van der Waals surface area contributed by atoms with E-state index in [1.54, 1.807) is 66.1 Å². The molecular formula is C22H14N4O3S. The molecule has 0 aliphatic heterocycles. The first-order valence-electron chi connectivity index (χ1n) is 8.92. The molecule has 0 spiro atoms. The fraction of sp³-hybridized carbons (Fsp3) is 0.0455. The van der Waals surface area contributed by atoms with E-state index in [0.717, 1.165) is 17.2 Å². The molecule has 1 N–H and O–H groups in total. The SMILES string of the molecule is Cc1cc(NC(=O)C(=O)c2cc(C(=O)c3ccc(C#N)cc3)n3ccccc23)sn1. The molecule has 146 valence electrons. The van der Waals surface area contributed by atoms with Crippen LogP contribution in [-0.2, 0) is 4.79 Å². The van der Waals surface area contributed by atoms with E-state index in [-0.39, 0.29) is 17.0 Å². The number of benzene rings is 1. The third-order valence-corrected chi connectivity index (χ3v) is 5.30. The van der Waals surface area contributed by atoms with Crippen LogP contribution in [0, 0.1) is 18.3 Å². The number of hydrogen-bond acceptors (Lipinski definition) is 6. The molecule has 30 heavy (non-hydrogen) atoms. The molecule has 3 heterocycles. The summed E-state index contributed by atoms with van der Waals surface area (Å²) in [6.45, 7) is 1.79. The minimum atomic E-state index is -0.799. The Kier molecular flexibility index (Phi) is 4.96. The number of ketones is 2. The van der Waals surface area contributed by atoms with Gasteiger partial charge < -0.3 is 9.72 Å². The number of anilines is 1. The highest BCUT2D eigenvalue weighted by Gasteiger charge is 2.25. The van der Waals surface area contributed by atoms with Crippen LogP contribution >= 0.6 is 11.5 Å². The Morgan fingerprint density at radius 3 is 2.53 bits per heavy atom. The third kappa shape index (κ3) is 3.50. The standard InChI is InChI=1S/C22H14N4O3S/c1-13-10-19(30-25-13)24-22(29)21(28)16-11-18(26-9-3-2-4-17(16)26)20(27)15-7-5-14(12-23)6-8-15/h2-11H,1H3,(H,24,29). The number of Topliss-reactive ketones (excluding diaryl/α,β-unsaturated/α-hetero) is 1. The average Bonchev–Trinajstić information content (AvgIpc) is 3.36. The first kappa shape index (κ1) is 19.2. The molecule has 1 aromatic carbocycles. The molecule has 0 bridgehead atoms. The summed E-state index contributed by atoms with van der Waals surface area (Å²) in [5.41, 5.74) is 2.40. The van der Waals surface area contributed by atoms with Crippen LogP contribution in [0.1, 0.15) is 37.7 Å². The minimum Gasteiger partial charge on any atom is -0.313 e. The van der Waals surface area contributed by atoms with Crippen molar-refractivity contribution in [3.63, 3.8) is 0 Å². The molecule has 8 heteroatoms. The molecule has 0 fully saturated rings. The molecule has 0 aliphatic rings. The Morgan fingerprint density at radius 1 is 1.10 bits per heavy atom. The van der Waals surface area contributed by atoms with Gasteiger partial charge in [-0.2, -0.15) is 9.64 Å². The summed E-state index contributed by atoms with van der Waals surface area (Å²) in [4.78, 5) is 38.4. The van der Waals surface area contributed by atoms with Crippen LogP contribution in [0.15, 0.2) is 60.8 Å². The number of fused-ring (bicyclic) bond motifs is 1. The lowest BCUT2D eigenvalue weighted by Crippen LogP contribution is -2.22. The number of carbonyl (C=O) groups excluding carboxylic acids is 3. The topological polar surface area (TPSA) is 104 Å². The second-order valence-electron chi connectivity index (χ2n) is 6.53. The van der Waals surface area contributed by atoms with Gasteiger partial charge in [0.2, 0.25) is 5.78 Å². The van der Waals surface area contributed by atoms with E-state index in [4.69, 9.17) is 5.26 Å². The lowest BCUT2D eigenvalue weighted by molar-refractivity contribution is -0.112. The molecule has 1 amide bonds. The van der Waals surface area contributed by atoms with Crippen LogP contribution in [0.4, 0.5) is 5.00 Å². The lowest BCUT2D eigenvalue weighted by atomic mass is 10.1. The quantitative estimate of drug-likeness (QED) is 0.397. The van der Waals surface area contributed by atoms with Gasteiger partial charge in [-0.05, 0) is 67.0 Å². The average molecular weight is 414 g/mol. The van der Waals surface area contributed by atoms with Crippen LogP contribution in [-0.4, -0.2) is 26.2 Å². The number of amides is 1. The van der Waals surface area contributed by atoms with Crippen LogP contribution in [0.5, 0.6) is 0 Å². The highest BCUT2D eigenvalue weighted by atomic mass is 32.1. The minimum absolute atomic E-state index is 0.131. The molecule has 3 aromatic heterocycles. The number of nitrogens with zero attached hydrogens (tertiary/aromatic N) is 3. The van der Waals surface area contributed by atoms with Gasteiger partial charge in [-0.15, -0.1) is 0 Å². The van der Waals surface area contributed by atoms with Crippen molar-refractivity contribution in [1.29, 1.82) is 5.26 Å². The lowest BCUT2D eigenvalue weighted by Gasteiger charge is -2.02. The number of pyridine rings is 1. The number of hydrogen-bond donors (Lipinski definition) is 1. The number of nitriles is 1. The van der Waals surface area contributed by atoms with E-state index < -0.39 is 11.7 Å². The zero-order chi connectivity index (χ0) is 21.3. The highest BCUT2D eigenvalue weighted by Crippen LogP contribution is 2.22. The number of carbonyl (C=O) groups is 3. The highest BCUT2D eigenvalue weighted by molar-refractivity contribution is 7.10. The van der Waals surface area contributed by atoms with Crippen LogP contribution < -0.4 is 5.32 Å². The van der Waals surface area contributed by atoms with Crippen LogP contribution in [0.3, 0.4) is 0 Å². The Labute approximate surface area is 175 Å². The van der Waals surface area contributed by atoms with Crippen molar-refractivity contribution in [1.82, 2.24) is 8.77 Å². The van der Waals surface area contributed by atoms with E-state index in [9.17, 15) is 14.4 Å². The second kappa shape index (κ2) is 7.73. The fourth-order valence-corrected chi connectivity index (χ4v) is 3.72. The van der Waals surface area contributed by atoms with Crippen molar-refractivity contribution >= 4 is 39.5 Å². The largest absolute Gasteiger partial charge is 0.313 e. The maximum atomic E-state index is 13.0. The van der Waals surface area contributed by atoms with Crippen molar-refractivity contribution < 1.29 is 14.4 Å². The first-order chi connectivity index (χ1) is 14.5. The van der Waals surface area contributed by atoms with E-state index in [1.807, 2.05) is 6.07 Å². The molecule has 7 nitrogen and oxygen atoms in total. The molecule has 0 aliphatic carbocycles. The summed E-state index contributed by atoms with van der Waals surface area (Å²) in [6.07, 6.45) is 1.66. The molecule has 0 unspecified atom stereocenters. The molecule has 0 atom stereocenters. The van der Waals surface area contributed by atoms with Gasteiger partial charge in [-0.25, -0.2) is 0 Å². The van der Waals surface area contributed by atoms with Gasteiger partial charge in [0.05, 0.1) is 34.1 Å². The Hall–Kier alpha value is -4.09. The predicted octanol–water partition coefficient (Wildman–Crippen LogP) is 3.63. The molecular weight excluding hydrogens is 400 g/mol. The zero-order valence-corrected chi connectivity index (χ0v) is 16.6. The van der Waals surface area contributed by atoms with Crippen molar-refractivity contribution in [2.24, 2.45) is 0 Å². The summed E-state index contributed by atoms with van der Waals surface area (Å²) in [5.74, 6) is -1.87. The monoisotopic (exact) mass is 414 g/mol. The van der Waals surface area contributed by atoms with Gasteiger partial charge in [0.25, 0.3) is 11.7 Å². The van der Waals surface area contributed by atoms with Gasteiger partial charge in [0.15, 0.2) is 0 Å². The Bertz CT molecular complexity index is 1340. The van der Waals surface area contributed by atoms with Crippen molar-refractivity contribution in [2.45, 2.75) is 6.92 Å². The smallest absolute Gasteiger partial charge is 0.297 e. The fourth-order valence-electron chi connectivity index (χ4n) is 3.07. The van der Waals surface area contributed by atoms with E-state index in [1.165, 1.54) is 6.07 Å². The molecule has 4 aromatic rings. The van der Waals surface area contributed by atoms with Crippen molar-refractivity contribution in [3.05, 3.63) is 88.9 Å². The predicted molar refractivity (Wildman–Crippen MR) is 112 cm³/mol. The van der Waals surface area contributed by atoms with E-state index in [0.29, 0.717) is 21.6 Å². The Morgan fingerprint density at radius 2 is 1.87 bits per heavy atom. The summed E-state index contributed by atoms with van der Waals surface area (Å²) in [5, 5.41) is 12.0. The first-order valence-corrected chi connectivity index (χ1v) is 9.69. The summed E-state index contributed by atoms with van der Waals surface area (Å²) < 4.78 is 5.65. The van der Waals surface area contributed by atoms with E-state index >= 15 is 0 Å². The maximum Gasteiger partial charge on any atom is 0.297 e. The molecule has 0 saturated carbocycles. The number of aryl methyl sites for hydroxylation is 1. The summed E-state index contributed by atoms with van der Waals surface area (Å²) in [6, 6.07) is 16.5. The van der Waals surface area contributed by atoms with Crippen molar-refractivity contribution in [3.8, 4) is 6.07 Å². The van der Waals surface area contributed by atoms with Crippen molar-refractivity contribution in [2.75, 3.05) is 5.32 Å². The van der Waals surface area contributed by atoms with Gasteiger partial charge in [0, 0.05) is 11.8 Å².